The second-order valence-electron chi connectivity index (χ2n) is 6.49. The van der Waals surface area contributed by atoms with Crippen molar-refractivity contribution in [3.05, 3.63) is 82.3 Å². The molecule has 1 N–H and O–H groups in total. The second-order valence-corrected chi connectivity index (χ2v) is 6.49. The van der Waals surface area contributed by atoms with Crippen LogP contribution in [0, 0.1) is 24.0 Å². The first-order chi connectivity index (χ1) is 14.0. The monoisotopic (exact) mass is 387 g/mol. The van der Waals surface area contributed by atoms with Crippen LogP contribution >= 0.6 is 0 Å². The molecule has 0 amide bonds. The topological polar surface area (TPSA) is 103 Å². The number of nitro groups is 1. The number of fused-ring (bicyclic) bond motifs is 1. The second kappa shape index (κ2) is 7.51. The van der Waals surface area contributed by atoms with Gasteiger partial charge in [-0.05, 0) is 49.2 Å². The molecular weight excluding hydrogens is 370 g/mol. The Balaban J connectivity index is 1.75. The van der Waals surface area contributed by atoms with Gasteiger partial charge in [0.2, 0.25) is 5.82 Å². The van der Waals surface area contributed by atoms with E-state index < -0.39 is 4.92 Å². The van der Waals surface area contributed by atoms with Gasteiger partial charge in [0, 0.05) is 11.6 Å². The third-order valence-corrected chi connectivity index (χ3v) is 4.55. The molecule has 2 aromatic heterocycles. The minimum Gasteiger partial charge on any atom is -0.434 e. The third-order valence-electron chi connectivity index (χ3n) is 4.55. The third kappa shape index (κ3) is 3.68. The van der Waals surface area contributed by atoms with Crippen LogP contribution in [0.5, 0.6) is 11.6 Å². The van der Waals surface area contributed by atoms with Crippen molar-refractivity contribution in [2.24, 2.45) is 0 Å². The van der Waals surface area contributed by atoms with Crippen molar-refractivity contribution in [3.63, 3.8) is 0 Å². The first-order valence-corrected chi connectivity index (χ1v) is 8.88. The van der Waals surface area contributed by atoms with Crippen LogP contribution in [0.1, 0.15) is 11.1 Å². The Morgan fingerprint density at radius 1 is 1.00 bits per heavy atom. The number of ether oxygens (including phenoxy) is 1. The van der Waals surface area contributed by atoms with Crippen molar-refractivity contribution in [1.82, 2.24) is 15.0 Å². The van der Waals surface area contributed by atoms with Crippen molar-refractivity contribution < 1.29 is 9.66 Å². The Morgan fingerprint density at radius 3 is 2.62 bits per heavy atom. The highest BCUT2D eigenvalue weighted by atomic mass is 16.6. The van der Waals surface area contributed by atoms with Crippen LogP contribution in [-0.2, 0) is 0 Å². The highest BCUT2D eigenvalue weighted by Gasteiger charge is 2.25. The van der Waals surface area contributed by atoms with Gasteiger partial charge in [-0.25, -0.2) is 4.98 Å². The summed E-state index contributed by atoms with van der Waals surface area (Å²) in [5.74, 6) is 0.360. The molecule has 4 aromatic rings. The Bertz CT molecular complexity index is 1220. The zero-order chi connectivity index (χ0) is 20.4. The Morgan fingerprint density at radius 2 is 1.83 bits per heavy atom. The molecule has 2 heterocycles. The lowest BCUT2D eigenvalue weighted by molar-refractivity contribution is -0.385. The Labute approximate surface area is 166 Å². The van der Waals surface area contributed by atoms with E-state index in [1.165, 1.54) is 6.33 Å². The van der Waals surface area contributed by atoms with Gasteiger partial charge in [-0.15, -0.1) is 0 Å². The summed E-state index contributed by atoms with van der Waals surface area (Å²) in [6.45, 7) is 3.92. The Hall–Kier alpha value is -4.07. The summed E-state index contributed by atoms with van der Waals surface area (Å²) in [4.78, 5) is 23.6. The van der Waals surface area contributed by atoms with E-state index in [1.54, 1.807) is 18.3 Å². The largest absolute Gasteiger partial charge is 0.434 e. The maximum Gasteiger partial charge on any atom is 0.373 e. The summed E-state index contributed by atoms with van der Waals surface area (Å²) in [7, 11) is 0. The predicted octanol–water partition coefficient (Wildman–Crippen LogP) is 5.09. The molecule has 0 aliphatic rings. The van der Waals surface area contributed by atoms with Crippen molar-refractivity contribution in [1.29, 1.82) is 0 Å². The molecule has 4 rings (SSSR count). The fourth-order valence-corrected chi connectivity index (χ4v) is 2.92. The summed E-state index contributed by atoms with van der Waals surface area (Å²) in [6.07, 6.45) is 2.89. The van der Waals surface area contributed by atoms with Crippen LogP contribution in [0.3, 0.4) is 0 Å². The maximum atomic E-state index is 11.8. The van der Waals surface area contributed by atoms with Gasteiger partial charge in [-0.2, -0.15) is 4.98 Å². The van der Waals surface area contributed by atoms with Gasteiger partial charge in [-0.1, -0.05) is 24.3 Å². The highest BCUT2D eigenvalue weighted by molar-refractivity contribution is 5.92. The van der Waals surface area contributed by atoms with Gasteiger partial charge in [0.25, 0.3) is 0 Å². The summed E-state index contributed by atoms with van der Waals surface area (Å²) in [5, 5.41) is 15.7. The highest BCUT2D eigenvalue weighted by Crippen LogP contribution is 2.36. The number of hydrogen-bond acceptors (Lipinski definition) is 7. The number of aromatic nitrogens is 3. The van der Waals surface area contributed by atoms with Crippen LogP contribution in [0.4, 0.5) is 17.2 Å². The average Bonchev–Trinajstić information content (AvgIpc) is 2.71. The van der Waals surface area contributed by atoms with Gasteiger partial charge in [-0.3, -0.25) is 15.1 Å². The molecule has 0 saturated carbocycles. The van der Waals surface area contributed by atoms with Crippen molar-refractivity contribution in [2.45, 2.75) is 13.8 Å². The SMILES string of the molecule is Cc1ccc(Oc2ncnc(Nc3cccc4cccnc34)c2[N+](=O)[O-])cc1C. The molecule has 0 radical (unpaired) electrons. The van der Waals surface area contributed by atoms with E-state index >= 15 is 0 Å². The van der Waals surface area contributed by atoms with Crippen molar-refractivity contribution in [2.75, 3.05) is 5.32 Å². The number of para-hydroxylation sites is 1. The minimum atomic E-state index is -0.558. The summed E-state index contributed by atoms with van der Waals surface area (Å²) in [6, 6.07) is 14.7. The molecule has 0 fully saturated rings. The first kappa shape index (κ1) is 18.3. The average molecular weight is 387 g/mol. The van der Waals surface area contributed by atoms with E-state index in [1.807, 2.05) is 50.2 Å². The van der Waals surface area contributed by atoms with E-state index in [9.17, 15) is 10.1 Å². The smallest absolute Gasteiger partial charge is 0.373 e. The van der Waals surface area contributed by atoms with Crippen molar-refractivity contribution in [3.8, 4) is 11.6 Å². The Kier molecular flexibility index (Phi) is 4.74. The molecule has 0 unspecified atom stereocenters. The van der Waals surface area contributed by atoms with E-state index in [4.69, 9.17) is 4.74 Å². The summed E-state index contributed by atoms with van der Waals surface area (Å²) < 4.78 is 5.72. The standard InChI is InChI=1S/C21H17N5O3/c1-13-8-9-16(11-14(13)2)29-21-19(26(27)28)20(23-12-24-21)25-17-7-3-5-15-6-4-10-22-18(15)17/h3-12H,1-2H3,(H,23,24,25). The normalized spacial score (nSPS) is 10.7. The number of hydrogen-bond donors (Lipinski definition) is 1. The molecule has 0 saturated heterocycles. The number of rotatable bonds is 5. The van der Waals surface area contributed by atoms with Crippen LogP contribution < -0.4 is 10.1 Å². The molecule has 144 valence electrons. The number of nitrogens with one attached hydrogen (secondary N) is 1. The van der Waals surface area contributed by atoms with Gasteiger partial charge >= 0.3 is 11.6 Å². The fraction of sp³-hybridized carbons (Fsp3) is 0.0952. The van der Waals surface area contributed by atoms with Gasteiger partial charge in [0.05, 0.1) is 16.1 Å². The lowest BCUT2D eigenvalue weighted by Gasteiger charge is -2.11. The minimum absolute atomic E-state index is 0.0296. The lowest BCUT2D eigenvalue weighted by Crippen LogP contribution is -2.04. The van der Waals surface area contributed by atoms with E-state index in [2.05, 4.69) is 20.3 Å². The molecule has 8 heteroatoms. The molecule has 0 aliphatic carbocycles. The van der Waals surface area contributed by atoms with Crippen molar-refractivity contribution >= 4 is 28.1 Å². The number of benzene rings is 2. The van der Waals surface area contributed by atoms with E-state index in [-0.39, 0.29) is 17.4 Å². The van der Waals surface area contributed by atoms with E-state index in [0.29, 0.717) is 17.0 Å². The number of aryl methyl sites for hydroxylation is 2. The molecule has 2 aromatic carbocycles. The quantitative estimate of drug-likeness (QED) is 0.376. The molecule has 29 heavy (non-hydrogen) atoms. The zero-order valence-corrected chi connectivity index (χ0v) is 15.8. The maximum absolute atomic E-state index is 11.8. The van der Waals surface area contributed by atoms with Gasteiger partial charge in [0.1, 0.15) is 12.1 Å². The number of nitrogens with zero attached hydrogens (tertiary/aromatic N) is 4. The number of anilines is 2. The molecule has 0 atom stereocenters. The molecular formula is C21H17N5O3. The van der Waals surface area contributed by atoms with Gasteiger partial charge < -0.3 is 10.1 Å². The molecule has 0 aliphatic heterocycles. The first-order valence-electron chi connectivity index (χ1n) is 8.88. The summed E-state index contributed by atoms with van der Waals surface area (Å²) >= 11 is 0. The fourth-order valence-electron chi connectivity index (χ4n) is 2.92. The van der Waals surface area contributed by atoms with E-state index in [0.717, 1.165) is 16.5 Å². The molecule has 0 spiro atoms. The van der Waals surface area contributed by atoms with Crippen LogP contribution in [0.25, 0.3) is 10.9 Å². The zero-order valence-electron chi connectivity index (χ0n) is 15.8. The van der Waals surface area contributed by atoms with Gasteiger partial charge in [0.15, 0.2) is 0 Å². The summed E-state index contributed by atoms with van der Waals surface area (Å²) in [5.41, 5.74) is 3.04. The molecule has 8 nitrogen and oxygen atoms in total. The van der Waals surface area contributed by atoms with Crippen LogP contribution in [-0.4, -0.2) is 19.9 Å². The van der Waals surface area contributed by atoms with Crippen LogP contribution in [0.15, 0.2) is 61.1 Å². The lowest BCUT2D eigenvalue weighted by atomic mass is 10.1. The number of pyridine rings is 1. The predicted molar refractivity (Wildman–Crippen MR) is 110 cm³/mol. The van der Waals surface area contributed by atoms with Crippen LogP contribution in [0.2, 0.25) is 0 Å². The molecule has 0 bridgehead atoms.